The van der Waals surface area contributed by atoms with Crippen molar-refractivity contribution in [3.8, 4) is 0 Å². The van der Waals surface area contributed by atoms with Crippen molar-refractivity contribution < 1.29 is 9.59 Å². The second-order valence-electron chi connectivity index (χ2n) is 7.62. The standard InChI is InChI=1S/C26H26N2O2/c29-24(20-21-10-4-1-5-11-21)27-16-18-28(19-17-27)26(30)25(22-12-6-2-7-13-22)23-14-8-3-9-15-23/h1-15,25H,16-20H2. The maximum atomic E-state index is 13.5. The molecule has 0 bridgehead atoms. The Morgan fingerprint density at radius 2 is 1.07 bits per heavy atom. The summed E-state index contributed by atoms with van der Waals surface area (Å²) in [5, 5.41) is 0. The highest BCUT2D eigenvalue weighted by molar-refractivity contribution is 5.87. The van der Waals surface area contributed by atoms with E-state index in [0.717, 1.165) is 16.7 Å². The molecule has 0 spiro atoms. The van der Waals surface area contributed by atoms with Gasteiger partial charge in [0.2, 0.25) is 11.8 Å². The van der Waals surface area contributed by atoms with Crippen LogP contribution in [-0.4, -0.2) is 47.8 Å². The molecule has 0 atom stereocenters. The largest absolute Gasteiger partial charge is 0.339 e. The predicted octanol–water partition coefficient (Wildman–Crippen LogP) is 3.73. The first kappa shape index (κ1) is 19.9. The number of hydrogen-bond acceptors (Lipinski definition) is 2. The molecule has 4 nitrogen and oxygen atoms in total. The van der Waals surface area contributed by atoms with Crippen molar-refractivity contribution in [2.24, 2.45) is 0 Å². The molecule has 1 fully saturated rings. The lowest BCUT2D eigenvalue weighted by atomic mass is 9.90. The van der Waals surface area contributed by atoms with Crippen LogP contribution < -0.4 is 0 Å². The summed E-state index contributed by atoms with van der Waals surface area (Å²) in [6.45, 7) is 2.28. The maximum Gasteiger partial charge on any atom is 0.234 e. The Kier molecular flexibility index (Phi) is 6.23. The Bertz CT molecular complexity index is 926. The van der Waals surface area contributed by atoms with E-state index in [1.54, 1.807) is 0 Å². The van der Waals surface area contributed by atoms with Crippen LogP contribution in [-0.2, 0) is 16.0 Å². The summed E-state index contributed by atoms with van der Waals surface area (Å²) in [4.78, 5) is 29.9. The molecule has 2 amide bonds. The topological polar surface area (TPSA) is 40.6 Å². The first-order chi connectivity index (χ1) is 14.7. The zero-order valence-corrected chi connectivity index (χ0v) is 17.0. The molecule has 1 heterocycles. The number of piperazine rings is 1. The summed E-state index contributed by atoms with van der Waals surface area (Å²) in [7, 11) is 0. The second-order valence-corrected chi connectivity index (χ2v) is 7.62. The first-order valence-corrected chi connectivity index (χ1v) is 10.4. The molecule has 152 valence electrons. The Balaban J connectivity index is 1.44. The minimum absolute atomic E-state index is 0.0996. The van der Waals surface area contributed by atoms with E-state index in [1.165, 1.54) is 0 Å². The van der Waals surface area contributed by atoms with Gasteiger partial charge in [-0.15, -0.1) is 0 Å². The number of nitrogens with zero attached hydrogens (tertiary/aromatic N) is 2. The van der Waals surface area contributed by atoms with E-state index in [0.29, 0.717) is 32.6 Å². The Morgan fingerprint density at radius 3 is 1.57 bits per heavy atom. The molecule has 0 radical (unpaired) electrons. The molecule has 1 aliphatic heterocycles. The minimum atomic E-state index is -0.320. The third kappa shape index (κ3) is 4.60. The fraction of sp³-hybridized carbons (Fsp3) is 0.231. The second kappa shape index (κ2) is 9.40. The molecular weight excluding hydrogens is 372 g/mol. The first-order valence-electron chi connectivity index (χ1n) is 10.4. The van der Waals surface area contributed by atoms with Gasteiger partial charge in [-0.25, -0.2) is 0 Å². The Hall–Kier alpha value is -3.40. The fourth-order valence-electron chi connectivity index (χ4n) is 4.01. The molecular formula is C26H26N2O2. The van der Waals surface area contributed by atoms with Gasteiger partial charge in [0, 0.05) is 26.2 Å². The minimum Gasteiger partial charge on any atom is -0.339 e. The summed E-state index contributed by atoms with van der Waals surface area (Å²) in [5.74, 6) is -0.0995. The molecule has 0 unspecified atom stereocenters. The van der Waals surface area contributed by atoms with E-state index in [4.69, 9.17) is 0 Å². The number of carbonyl (C=O) groups excluding carboxylic acids is 2. The van der Waals surface area contributed by atoms with E-state index >= 15 is 0 Å². The zero-order valence-electron chi connectivity index (χ0n) is 17.0. The van der Waals surface area contributed by atoms with Gasteiger partial charge in [0.25, 0.3) is 0 Å². The molecule has 0 saturated carbocycles. The van der Waals surface area contributed by atoms with Gasteiger partial charge in [0.05, 0.1) is 12.3 Å². The molecule has 4 rings (SSSR count). The summed E-state index contributed by atoms with van der Waals surface area (Å²) >= 11 is 0. The van der Waals surface area contributed by atoms with Crippen molar-refractivity contribution >= 4 is 11.8 Å². The molecule has 3 aromatic rings. The smallest absolute Gasteiger partial charge is 0.234 e. The maximum absolute atomic E-state index is 13.5. The van der Waals surface area contributed by atoms with E-state index in [-0.39, 0.29) is 17.7 Å². The van der Waals surface area contributed by atoms with Gasteiger partial charge in [-0.3, -0.25) is 9.59 Å². The molecule has 4 heteroatoms. The van der Waals surface area contributed by atoms with Crippen molar-refractivity contribution in [2.45, 2.75) is 12.3 Å². The summed E-state index contributed by atoms with van der Waals surface area (Å²) in [6.07, 6.45) is 0.408. The van der Waals surface area contributed by atoms with Crippen molar-refractivity contribution in [2.75, 3.05) is 26.2 Å². The third-order valence-corrected chi connectivity index (χ3v) is 5.65. The fourth-order valence-corrected chi connectivity index (χ4v) is 4.01. The number of rotatable bonds is 5. The third-order valence-electron chi connectivity index (χ3n) is 5.65. The summed E-state index contributed by atoms with van der Waals surface area (Å²) in [5.41, 5.74) is 3.02. The monoisotopic (exact) mass is 398 g/mol. The lowest BCUT2D eigenvalue weighted by molar-refractivity contribution is -0.139. The number of benzene rings is 3. The Labute approximate surface area is 177 Å². The molecule has 0 N–H and O–H groups in total. The molecule has 30 heavy (non-hydrogen) atoms. The van der Waals surface area contributed by atoms with Gasteiger partial charge >= 0.3 is 0 Å². The van der Waals surface area contributed by atoms with Crippen molar-refractivity contribution in [3.05, 3.63) is 108 Å². The van der Waals surface area contributed by atoms with Gasteiger partial charge in [-0.2, -0.15) is 0 Å². The van der Waals surface area contributed by atoms with Gasteiger partial charge in [0.15, 0.2) is 0 Å². The highest BCUT2D eigenvalue weighted by Crippen LogP contribution is 2.27. The van der Waals surface area contributed by atoms with Crippen LogP contribution >= 0.6 is 0 Å². The van der Waals surface area contributed by atoms with Crippen molar-refractivity contribution in [1.29, 1.82) is 0 Å². The SMILES string of the molecule is O=C(Cc1ccccc1)N1CCN(C(=O)C(c2ccccc2)c2ccccc2)CC1. The van der Waals surface area contributed by atoms with Crippen molar-refractivity contribution in [3.63, 3.8) is 0 Å². The highest BCUT2D eigenvalue weighted by Gasteiger charge is 2.30. The zero-order chi connectivity index (χ0) is 20.8. The lowest BCUT2D eigenvalue weighted by Gasteiger charge is -2.36. The van der Waals surface area contributed by atoms with E-state index in [1.807, 2.05) is 101 Å². The average molecular weight is 399 g/mol. The van der Waals surface area contributed by atoms with Gasteiger partial charge in [-0.1, -0.05) is 91.0 Å². The van der Waals surface area contributed by atoms with Crippen LogP contribution in [0.4, 0.5) is 0 Å². The molecule has 3 aromatic carbocycles. The molecule has 1 aliphatic rings. The van der Waals surface area contributed by atoms with Gasteiger partial charge < -0.3 is 9.80 Å². The lowest BCUT2D eigenvalue weighted by Crippen LogP contribution is -2.52. The molecule has 0 aliphatic carbocycles. The van der Waals surface area contributed by atoms with Crippen LogP contribution in [0, 0.1) is 0 Å². The van der Waals surface area contributed by atoms with E-state index in [2.05, 4.69) is 0 Å². The van der Waals surface area contributed by atoms with Crippen LogP contribution in [0.25, 0.3) is 0 Å². The van der Waals surface area contributed by atoms with E-state index in [9.17, 15) is 9.59 Å². The number of amides is 2. The number of hydrogen-bond donors (Lipinski definition) is 0. The number of carbonyl (C=O) groups is 2. The van der Waals surface area contributed by atoms with Crippen LogP contribution in [0.3, 0.4) is 0 Å². The predicted molar refractivity (Wildman–Crippen MR) is 118 cm³/mol. The average Bonchev–Trinajstić information content (AvgIpc) is 2.81. The van der Waals surface area contributed by atoms with Crippen LogP contribution in [0.5, 0.6) is 0 Å². The summed E-state index contributed by atoms with van der Waals surface area (Å²) < 4.78 is 0. The van der Waals surface area contributed by atoms with Crippen LogP contribution in [0.1, 0.15) is 22.6 Å². The van der Waals surface area contributed by atoms with Crippen LogP contribution in [0.2, 0.25) is 0 Å². The van der Waals surface area contributed by atoms with Crippen LogP contribution in [0.15, 0.2) is 91.0 Å². The van der Waals surface area contributed by atoms with E-state index < -0.39 is 0 Å². The Morgan fingerprint density at radius 1 is 0.633 bits per heavy atom. The van der Waals surface area contributed by atoms with Gasteiger partial charge in [0.1, 0.15) is 0 Å². The highest BCUT2D eigenvalue weighted by atomic mass is 16.2. The molecule has 1 saturated heterocycles. The van der Waals surface area contributed by atoms with Crippen molar-refractivity contribution in [1.82, 2.24) is 9.80 Å². The summed E-state index contributed by atoms with van der Waals surface area (Å²) in [6, 6.07) is 29.7. The normalized spacial score (nSPS) is 14.0. The molecule has 0 aromatic heterocycles. The van der Waals surface area contributed by atoms with Gasteiger partial charge in [-0.05, 0) is 16.7 Å². The quantitative estimate of drug-likeness (QED) is 0.657.